The van der Waals surface area contributed by atoms with E-state index >= 15 is 38.4 Å². The summed E-state index contributed by atoms with van der Waals surface area (Å²) in [5, 5.41) is 48.3. The molecule has 4 aromatic carbocycles. The van der Waals surface area contributed by atoms with Crippen LogP contribution in [0, 0.1) is 0 Å². The summed E-state index contributed by atoms with van der Waals surface area (Å²) < 4.78 is 25.9. The van der Waals surface area contributed by atoms with Crippen LogP contribution in [0.1, 0.15) is 101 Å². The largest absolute Gasteiger partial charge is 1.00 e. The number of carbonyl (C=O) groups is 12. The van der Waals surface area contributed by atoms with Crippen molar-refractivity contribution < 1.29 is 215 Å². The van der Waals surface area contributed by atoms with Gasteiger partial charge in [0.2, 0.25) is 0 Å². The van der Waals surface area contributed by atoms with Gasteiger partial charge in [-0.15, -0.1) is 0 Å². The van der Waals surface area contributed by atoms with Crippen molar-refractivity contribution in [2.45, 2.75) is 153 Å². The number of hydrogen-bond donors (Lipinski definition) is 0. The Balaban J connectivity index is 0.00000249. The van der Waals surface area contributed by atoms with Gasteiger partial charge in [-0.3, -0.25) is 78.4 Å². The third kappa shape index (κ3) is 10.3. The number of carbonyl (C=O) groups excluding carboxylic acids is 12. The molecule has 16 amide bonds. The summed E-state index contributed by atoms with van der Waals surface area (Å²) in [6, 6.07) is 8.65. The number of fused-ring (bicyclic) bond motifs is 4. The Morgan fingerprint density at radius 1 is 0.321 bits per heavy atom. The van der Waals surface area contributed by atoms with Crippen molar-refractivity contribution in [2.75, 3.05) is 66.4 Å². The van der Waals surface area contributed by atoms with Gasteiger partial charge in [-0.25, -0.2) is 38.4 Å². The summed E-state index contributed by atoms with van der Waals surface area (Å²) in [5.41, 5.74) is -5.00. The summed E-state index contributed by atoms with van der Waals surface area (Å²) in [6.07, 6.45) is -6.13. The third-order valence-corrected chi connectivity index (χ3v) is 23.7. The second-order valence-corrected chi connectivity index (χ2v) is 28.3. The Kier molecular flexibility index (Phi) is 19.8. The molecule has 13 aliphatic heterocycles. The van der Waals surface area contributed by atoms with Gasteiger partial charge in [-0.2, -0.15) is 0 Å². The van der Waals surface area contributed by atoms with Gasteiger partial charge >= 0.3 is 166 Å². The number of nitrogens with zero attached hydrogens (tertiary/aromatic N) is 16. The van der Waals surface area contributed by atoms with Crippen LogP contribution in [0.15, 0.2) is 48.5 Å². The van der Waals surface area contributed by atoms with E-state index in [2.05, 4.69) is 0 Å². The molecule has 0 spiro atoms. The van der Waals surface area contributed by atoms with E-state index in [9.17, 15) is 39.6 Å². The van der Waals surface area contributed by atoms with Crippen LogP contribution in [0.5, 0.6) is 23.0 Å². The standard InChI is InChI=1S/C66H72N16O20.4Na/c1-63-65(3)79-31-71-53-51-67(55(71)91)29-69-52-54-73(57(69)93)33-81-61(97)77-27-41-42(50(102-24-12-20-46(89)90)38-16-8-7-15-37(38)49(41)101-23-11-19-45(87)88)28-78-62(98)82(66(81,4)64(77,78)2)34-74(54)58(94)70(52)30-68(51)56(92)72(53)32-80(65)60(96)76(63)26-40-39(25-75(63)59(79)95)47(99-21-9-17-43(83)84)35-13-5-6-14-36(35)48(40)100-22-10-18-44(85)86;;;;/h5-8,13-16,51-54H,9-12,17-34H2,1-4H3,(H,83,84)(H,85,86)(H,87,88)(H,89,90);;;;/q;4*+1/p-4. The first kappa shape index (κ1) is 76.8. The molecule has 36 nitrogen and oxygen atoms in total. The molecule has 40 heteroatoms. The van der Waals surface area contributed by atoms with Crippen molar-refractivity contribution >= 4 is 93.7 Å². The van der Waals surface area contributed by atoms with Crippen LogP contribution in [0.3, 0.4) is 0 Å². The van der Waals surface area contributed by atoms with E-state index in [4.69, 9.17) is 18.9 Å². The monoisotopic (exact) mass is 1500 g/mol. The maximum absolute atomic E-state index is 15.9. The van der Waals surface area contributed by atoms with Crippen LogP contribution in [0.2, 0.25) is 0 Å². The minimum absolute atomic E-state index is 0. The van der Waals surface area contributed by atoms with E-state index in [0.29, 0.717) is 43.8 Å². The molecular weight excluding hydrogens is 1430 g/mol. The number of urea groups is 8. The Bertz CT molecular complexity index is 3990. The summed E-state index contributed by atoms with van der Waals surface area (Å²) >= 11 is 0. The van der Waals surface area contributed by atoms with Gasteiger partial charge in [0.25, 0.3) is 0 Å². The Morgan fingerprint density at radius 3 is 0.708 bits per heavy atom. The molecule has 11 fully saturated rings. The molecule has 0 saturated carbocycles. The minimum atomic E-state index is -1.70. The van der Waals surface area contributed by atoms with E-state index in [1.54, 1.807) is 76.2 Å². The molecule has 4 aromatic rings. The van der Waals surface area contributed by atoms with Gasteiger partial charge in [0, 0.05) is 67.7 Å². The van der Waals surface area contributed by atoms with Gasteiger partial charge in [-0.1, -0.05) is 48.5 Å². The van der Waals surface area contributed by atoms with Gasteiger partial charge in [0.15, 0.2) is 47.3 Å². The number of hydrogen-bond acceptors (Lipinski definition) is 20. The van der Waals surface area contributed by atoms with Crippen molar-refractivity contribution in [2.24, 2.45) is 0 Å². The third-order valence-electron chi connectivity index (χ3n) is 23.7. The zero-order valence-electron chi connectivity index (χ0n) is 59.8. The summed E-state index contributed by atoms with van der Waals surface area (Å²) in [7, 11) is 0. The number of rotatable bonds is 20. The van der Waals surface area contributed by atoms with Crippen LogP contribution >= 0.6 is 0 Å². The van der Waals surface area contributed by atoms with Crippen molar-refractivity contribution in [3.8, 4) is 23.0 Å². The van der Waals surface area contributed by atoms with Gasteiger partial charge in [-0.05, 0) is 79.1 Å². The number of ether oxygens (including phenoxy) is 4. The molecule has 11 saturated heterocycles. The normalized spacial score (nSPS) is 27.1. The Morgan fingerprint density at radius 2 is 0.509 bits per heavy atom. The molecule has 17 rings (SSSR count). The zero-order chi connectivity index (χ0) is 71.4. The van der Waals surface area contributed by atoms with E-state index in [0.717, 1.165) is 0 Å². The smallest absolute Gasteiger partial charge is 0.550 e. The molecule has 13 aliphatic rings. The Hall–Kier alpha value is -7.36. The maximum atomic E-state index is 15.9. The van der Waals surface area contributed by atoms with Crippen LogP contribution in [0.25, 0.3) is 21.5 Å². The molecule has 536 valence electrons. The van der Waals surface area contributed by atoms with E-state index in [1.807, 2.05) is 0 Å². The van der Waals surface area contributed by atoms with Crippen LogP contribution in [-0.4, -0.2) is 264 Å². The summed E-state index contributed by atoms with van der Waals surface area (Å²) in [4.78, 5) is 195. The van der Waals surface area contributed by atoms with Crippen LogP contribution in [0.4, 0.5) is 38.4 Å². The molecule has 0 aliphatic carbocycles. The predicted molar refractivity (Wildman–Crippen MR) is 332 cm³/mol. The first-order valence-electron chi connectivity index (χ1n) is 33.9. The van der Waals surface area contributed by atoms with Gasteiger partial charge in [0.1, 0.15) is 63.0 Å². The number of amides is 16. The number of benzene rings is 4. The fourth-order valence-electron chi connectivity index (χ4n) is 18.5. The number of carboxylic acids is 4. The second kappa shape index (κ2) is 27.3. The second-order valence-electron chi connectivity index (χ2n) is 28.3. The predicted octanol–water partition coefficient (Wildman–Crippen LogP) is -12.8. The summed E-state index contributed by atoms with van der Waals surface area (Å²) in [6.45, 7) is 2.31. The number of carboxylic acid groups (broad SMARTS) is 4. The fraction of sp³-hybridized carbons (Fsp3) is 0.515. The molecule has 106 heavy (non-hydrogen) atoms. The maximum Gasteiger partial charge on any atom is 1.00 e. The van der Waals surface area contributed by atoms with Gasteiger partial charge < -0.3 is 58.6 Å². The number of aliphatic carboxylic acids is 4. The zero-order valence-corrected chi connectivity index (χ0v) is 67.8. The fourth-order valence-corrected chi connectivity index (χ4v) is 18.5. The van der Waals surface area contributed by atoms with E-state index < -0.39 is 159 Å². The molecule has 0 unspecified atom stereocenters. The van der Waals surface area contributed by atoms with Gasteiger partial charge in [0.05, 0.1) is 52.6 Å². The minimum Gasteiger partial charge on any atom is -0.550 e. The van der Waals surface area contributed by atoms with Crippen molar-refractivity contribution in [1.29, 1.82) is 0 Å². The molecule has 0 radical (unpaired) electrons. The molecule has 0 atom stereocenters. The van der Waals surface area contributed by atoms with E-state index in [1.165, 1.54) is 78.4 Å². The Labute approximate surface area is 693 Å². The molecule has 0 aromatic heterocycles. The summed E-state index contributed by atoms with van der Waals surface area (Å²) in [5.74, 6) is -4.04. The molecule has 0 bridgehead atoms. The average Bonchev–Trinajstić information content (AvgIpc) is 1.49. The molecule has 13 heterocycles. The van der Waals surface area contributed by atoms with Crippen molar-refractivity contribution in [3.63, 3.8) is 0 Å². The van der Waals surface area contributed by atoms with Crippen molar-refractivity contribution in [3.05, 3.63) is 70.8 Å². The van der Waals surface area contributed by atoms with Crippen LogP contribution in [-0.2, 0) is 45.4 Å². The van der Waals surface area contributed by atoms with Crippen LogP contribution < -0.4 is 158 Å². The topological polar surface area (TPSA) is 386 Å². The first-order valence-corrected chi connectivity index (χ1v) is 33.9. The molecule has 0 N–H and O–H groups in total. The van der Waals surface area contributed by atoms with E-state index in [-0.39, 0.29) is 245 Å². The first-order chi connectivity index (χ1) is 48.8. The average molecular weight is 1500 g/mol. The quantitative estimate of drug-likeness (QED) is 0.0586. The molecular formula is C66H68N16Na4O20. The van der Waals surface area contributed by atoms with Crippen molar-refractivity contribution in [1.82, 2.24) is 78.4 Å². The SMILES string of the molecule is CC12N3Cc4c(c(OCCCC(=O)[O-])c5ccccc5c4OCCCC(=O)[O-])CN1C(=O)N1CN4C(=O)N5CN6C(=O)N7CN8C(=O)N9Cc%10c(c(OCCCC(=O)[O-])c%11ccccc%11c%10OCCCC(=O)[O-])CN%10C(=O)N(CN%11C(=O)N(CN%12C(=O)N(CN(C3=O)C12C)C4C%125)C6C%117)C8(C)C%109C.[Na+].[Na+].[Na+].[Na+].